The number of hydrogen-bond acceptors (Lipinski definition) is 2. The van der Waals surface area contributed by atoms with Crippen LogP contribution in [0.2, 0.25) is 0 Å². The van der Waals surface area contributed by atoms with Crippen molar-refractivity contribution < 1.29 is 14.3 Å². The van der Waals surface area contributed by atoms with Crippen molar-refractivity contribution in [3.8, 4) is 0 Å². The molecule has 0 spiro atoms. The topological polar surface area (TPSA) is 49.3 Å². The number of amides is 1. The fourth-order valence-corrected chi connectivity index (χ4v) is 1.87. The fourth-order valence-electron chi connectivity index (χ4n) is 1.87. The molecule has 0 heterocycles. The number of hydrogen-bond donors (Lipinski definition) is 2. The Morgan fingerprint density at radius 3 is 2.65 bits per heavy atom. The average Bonchev–Trinajstić information content (AvgIpc) is 2.43. The van der Waals surface area contributed by atoms with Gasteiger partial charge in [0.15, 0.2) is 0 Å². The Hall–Kier alpha value is -1.42. The number of aryl methyl sites for hydroxylation is 1. The van der Waals surface area contributed by atoms with Gasteiger partial charge in [0.1, 0.15) is 5.82 Å². The molecule has 0 fully saturated rings. The highest BCUT2D eigenvalue weighted by Gasteiger charge is 2.18. The number of nitrogens with one attached hydrogen (secondary N) is 1. The normalized spacial score (nSPS) is 15.4. The summed E-state index contributed by atoms with van der Waals surface area (Å²) in [5.41, 5.74) is 0.904. The van der Waals surface area contributed by atoms with E-state index in [-0.39, 0.29) is 36.2 Å². The smallest absolute Gasteiger partial charge is 0.223 e. The maximum absolute atomic E-state index is 13.0. The molecule has 0 aliphatic rings. The van der Waals surface area contributed by atoms with Gasteiger partial charge < -0.3 is 10.4 Å². The van der Waals surface area contributed by atoms with Crippen molar-refractivity contribution in [2.45, 2.75) is 39.7 Å². The zero-order valence-corrected chi connectivity index (χ0v) is 12.4. The molecule has 0 bridgehead atoms. The molecule has 3 atom stereocenters. The van der Waals surface area contributed by atoms with E-state index in [1.54, 1.807) is 6.07 Å². The van der Waals surface area contributed by atoms with E-state index in [4.69, 9.17) is 5.11 Å². The number of benzene rings is 1. The first-order valence-corrected chi connectivity index (χ1v) is 7.09. The molecule has 0 aromatic heterocycles. The van der Waals surface area contributed by atoms with Crippen molar-refractivity contribution >= 4 is 5.91 Å². The Kier molecular flexibility index (Phi) is 6.65. The molecule has 1 amide bonds. The van der Waals surface area contributed by atoms with Gasteiger partial charge in [-0.3, -0.25) is 4.79 Å². The third-order valence-corrected chi connectivity index (χ3v) is 3.71. The first-order valence-electron chi connectivity index (χ1n) is 7.09. The highest BCUT2D eigenvalue weighted by molar-refractivity contribution is 5.78. The van der Waals surface area contributed by atoms with E-state index in [2.05, 4.69) is 5.32 Å². The number of aliphatic hydroxyl groups excluding tert-OH is 1. The van der Waals surface area contributed by atoms with Gasteiger partial charge in [0.05, 0.1) is 0 Å². The lowest BCUT2D eigenvalue weighted by molar-refractivity contribution is -0.125. The van der Waals surface area contributed by atoms with Gasteiger partial charge in [-0.15, -0.1) is 0 Å². The standard InChI is InChI=1S/C16H24FNO2/c1-11(16(20)18-13(3)12(2)10-19)7-8-14-5-4-6-15(17)9-14/h4-6,9,11-13,19H,7-8,10H2,1-3H3,(H,18,20). The third-order valence-electron chi connectivity index (χ3n) is 3.71. The van der Waals surface area contributed by atoms with E-state index in [0.29, 0.717) is 12.8 Å². The van der Waals surface area contributed by atoms with Crippen molar-refractivity contribution in [2.75, 3.05) is 6.61 Å². The van der Waals surface area contributed by atoms with Crippen molar-refractivity contribution in [2.24, 2.45) is 11.8 Å². The van der Waals surface area contributed by atoms with Gasteiger partial charge in [0.2, 0.25) is 5.91 Å². The van der Waals surface area contributed by atoms with Gasteiger partial charge in [0, 0.05) is 18.6 Å². The second kappa shape index (κ2) is 8.00. The number of rotatable bonds is 7. The highest BCUT2D eigenvalue weighted by atomic mass is 19.1. The van der Waals surface area contributed by atoms with E-state index in [0.717, 1.165) is 5.56 Å². The minimum atomic E-state index is -0.245. The molecule has 0 saturated carbocycles. The molecular weight excluding hydrogens is 257 g/mol. The summed E-state index contributed by atoms with van der Waals surface area (Å²) in [6.45, 7) is 5.70. The second-order valence-corrected chi connectivity index (χ2v) is 5.53. The van der Waals surface area contributed by atoms with E-state index < -0.39 is 0 Å². The summed E-state index contributed by atoms with van der Waals surface area (Å²) in [5.74, 6) is -0.361. The molecule has 1 aromatic carbocycles. The summed E-state index contributed by atoms with van der Waals surface area (Å²) in [6, 6.07) is 6.41. The average molecular weight is 281 g/mol. The van der Waals surface area contributed by atoms with Crippen molar-refractivity contribution in [1.29, 1.82) is 0 Å². The number of halogens is 1. The predicted molar refractivity (Wildman–Crippen MR) is 77.7 cm³/mol. The Balaban J connectivity index is 2.42. The zero-order valence-electron chi connectivity index (χ0n) is 12.4. The fraction of sp³-hybridized carbons (Fsp3) is 0.562. The molecular formula is C16H24FNO2. The van der Waals surface area contributed by atoms with Crippen LogP contribution in [0, 0.1) is 17.7 Å². The van der Waals surface area contributed by atoms with Gasteiger partial charge >= 0.3 is 0 Å². The predicted octanol–water partition coefficient (Wildman–Crippen LogP) is 2.53. The lowest BCUT2D eigenvalue weighted by Gasteiger charge is -2.21. The summed E-state index contributed by atoms with van der Waals surface area (Å²) in [6.07, 6.45) is 1.35. The minimum Gasteiger partial charge on any atom is -0.396 e. The van der Waals surface area contributed by atoms with Crippen LogP contribution in [0.1, 0.15) is 32.8 Å². The Morgan fingerprint density at radius 2 is 2.05 bits per heavy atom. The monoisotopic (exact) mass is 281 g/mol. The first kappa shape index (κ1) is 16.6. The van der Waals surface area contributed by atoms with Crippen LogP contribution in [-0.2, 0) is 11.2 Å². The van der Waals surface area contributed by atoms with E-state index in [1.807, 2.05) is 26.8 Å². The summed E-state index contributed by atoms with van der Waals surface area (Å²) < 4.78 is 13.0. The Bertz CT molecular complexity index is 436. The van der Waals surface area contributed by atoms with Crippen LogP contribution in [-0.4, -0.2) is 23.7 Å². The molecule has 112 valence electrons. The van der Waals surface area contributed by atoms with Crippen LogP contribution >= 0.6 is 0 Å². The SMILES string of the molecule is CC(CCc1cccc(F)c1)C(=O)NC(C)C(C)CO. The summed E-state index contributed by atoms with van der Waals surface area (Å²) in [4.78, 5) is 12.0. The van der Waals surface area contributed by atoms with Crippen LogP contribution in [0.5, 0.6) is 0 Å². The van der Waals surface area contributed by atoms with E-state index in [1.165, 1.54) is 12.1 Å². The highest BCUT2D eigenvalue weighted by Crippen LogP contribution is 2.12. The minimum absolute atomic E-state index is 0.0193. The van der Waals surface area contributed by atoms with Gasteiger partial charge in [-0.1, -0.05) is 26.0 Å². The van der Waals surface area contributed by atoms with E-state index in [9.17, 15) is 9.18 Å². The molecule has 1 rings (SSSR count). The largest absolute Gasteiger partial charge is 0.396 e. The van der Waals surface area contributed by atoms with Crippen LogP contribution in [0.3, 0.4) is 0 Å². The Morgan fingerprint density at radius 1 is 1.35 bits per heavy atom. The molecule has 4 heteroatoms. The van der Waals surface area contributed by atoms with Gasteiger partial charge in [-0.05, 0) is 43.4 Å². The van der Waals surface area contributed by atoms with Crippen LogP contribution in [0.4, 0.5) is 4.39 Å². The maximum Gasteiger partial charge on any atom is 0.223 e. The lowest BCUT2D eigenvalue weighted by Crippen LogP contribution is -2.41. The third kappa shape index (κ3) is 5.29. The van der Waals surface area contributed by atoms with Crippen molar-refractivity contribution in [3.63, 3.8) is 0 Å². The first-order chi connectivity index (χ1) is 9.43. The molecule has 0 aliphatic carbocycles. The molecule has 0 aliphatic heterocycles. The molecule has 1 aromatic rings. The number of aliphatic hydroxyl groups is 1. The molecule has 2 N–H and O–H groups in total. The Labute approximate surface area is 120 Å². The van der Waals surface area contributed by atoms with Gasteiger partial charge in [-0.2, -0.15) is 0 Å². The van der Waals surface area contributed by atoms with E-state index >= 15 is 0 Å². The molecule has 20 heavy (non-hydrogen) atoms. The summed E-state index contributed by atoms with van der Waals surface area (Å²) >= 11 is 0. The van der Waals surface area contributed by atoms with Crippen LogP contribution < -0.4 is 5.32 Å². The zero-order chi connectivity index (χ0) is 15.1. The quantitative estimate of drug-likeness (QED) is 0.807. The lowest BCUT2D eigenvalue weighted by atomic mass is 9.98. The number of carbonyl (C=O) groups excluding carboxylic acids is 1. The molecule has 0 radical (unpaired) electrons. The van der Waals surface area contributed by atoms with Crippen molar-refractivity contribution in [1.82, 2.24) is 5.32 Å². The van der Waals surface area contributed by atoms with Gasteiger partial charge in [0.25, 0.3) is 0 Å². The van der Waals surface area contributed by atoms with Crippen LogP contribution in [0.25, 0.3) is 0 Å². The molecule has 3 unspecified atom stereocenters. The van der Waals surface area contributed by atoms with Crippen LogP contribution in [0.15, 0.2) is 24.3 Å². The summed E-state index contributed by atoms with van der Waals surface area (Å²) in [5, 5.41) is 12.0. The second-order valence-electron chi connectivity index (χ2n) is 5.53. The molecule has 0 saturated heterocycles. The maximum atomic E-state index is 13.0. The van der Waals surface area contributed by atoms with Gasteiger partial charge in [-0.25, -0.2) is 4.39 Å². The van der Waals surface area contributed by atoms with Crippen molar-refractivity contribution in [3.05, 3.63) is 35.6 Å². The molecule has 3 nitrogen and oxygen atoms in total. The summed E-state index contributed by atoms with van der Waals surface area (Å²) in [7, 11) is 0. The number of carbonyl (C=O) groups is 1.